The van der Waals surface area contributed by atoms with Crippen molar-refractivity contribution in [3.8, 4) is 5.75 Å². The zero-order valence-electron chi connectivity index (χ0n) is 14.2. The number of methoxy groups -OCH3 is 1. The molecule has 3 heterocycles. The third kappa shape index (κ3) is 3.00. The molecular formula is C20H21BrN2O2. The second kappa shape index (κ2) is 6.54. The summed E-state index contributed by atoms with van der Waals surface area (Å²) in [6, 6.07) is 12.6. The summed E-state index contributed by atoms with van der Waals surface area (Å²) in [4.78, 5) is 19.3. The van der Waals surface area contributed by atoms with Gasteiger partial charge in [-0.25, -0.2) is 4.98 Å². The highest BCUT2D eigenvalue weighted by Crippen LogP contribution is 2.50. The van der Waals surface area contributed by atoms with Crippen LogP contribution in [0.1, 0.15) is 36.8 Å². The molecule has 5 heteroatoms. The smallest absolute Gasteiger partial charge is 0.136 e. The van der Waals surface area contributed by atoms with E-state index in [-0.39, 0.29) is 5.54 Å². The first-order valence-corrected chi connectivity index (χ1v) is 9.43. The number of nitrogens with zero attached hydrogens (tertiary/aromatic N) is 2. The summed E-state index contributed by atoms with van der Waals surface area (Å²) in [6.07, 6.45) is 5.26. The number of rotatable bonds is 4. The Balaban J connectivity index is 1.68. The summed E-state index contributed by atoms with van der Waals surface area (Å²) < 4.78 is 6.08. The normalized spacial score (nSPS) is 26.0. The number of Topliss-reactive ketones (excluding diaryl/α,β-unsaturated/α-hetero) is 1. The third-order valence-electron chi connectivity index (χ3n) is 5.61. The monoisotopic (exact) mass is 400 g/mol. The minimum absolute atomic E-state index is 0.215. The number of ether oxygens (including phenoxy) is 1. The van der Waals surface area contributed by atoms with Gasteiger partial charge in [-0.2, -0.15) is 0 Å². The van der Waals surface area contributed by atoms with Gasteiger partial charge >= 0.3 is 0 Å². The molecule has 2 aromatic rings. The summed E-state index contributed by atoms with van der Waals surface area (Å²) in [7, 11) is 1.68. The van der Waals surface area contributed by atoms with Crippen LogP contribution >= 0.6 is 15.9 Å². The summed E-state index contributed by atoms with van der Waals surface area (Å²) >= 11 is 3.41. The number of hydrogen-bond acceptors (Lipinski definition) is 4. The van der Waals surface area contributed by atoms with Gasteiger partial charge in [0.25, 0.3) is 0 Å². The molecule has 0 amide bonds. The van der Waals surface area contributed by atoms with Crippen molar-refractivity contribution in [2.45, 2.75) is 43.8 Å². The molecule has 2 aliphatic rings. The van der Waals surface area contributed by atoms with Gasteiger partial charge in [0, 0.05) is 31.6 Å². The zero-order valence-corrected chi connectivity index (χ0v) is 15.8. The van der Waals surface area contributed by atoms with Crippen molar-refractivity contribution >= 4 is 21.7 Å². The van der Waals surface area contributed by atoms with E-state index in [9.17, 15) is 4.79 Å². The summed E-state index contributed by atoms with van der Waals surface area (Å²) in [5.41, 5.74) is 2.18. The van der Waals surface area contributed by atoms with Crippen LogP contribution in [0, 0.1) is 0 Å². The number of fused-ring (bicyclic) bond motifs is 2. The van der Waals surface area contributed by atoms with E-state index in [2.05, 4.69) is 44.0 Å². The third-order valence-corrected chi connectivity index (χ3v) is 6.08. The molecule has 0 aliphatic carbocycles. The predicted molar refractivity (Wildman–Crippen MR) is 99.4 cm³/mol. The Morgan fingerprint density at radius 2 is 2.08 bits per heavy atom. The molecular weight excluding hydrogens is 380 g/mol. The highest BCUT2D eigenvalue weighted by atomic mass is 79.9. The summed E-state index contributed by atoms with van der Waals surface area (Å²) in [5.74, 6) is 1.24. The molecule has 2 unspecified atom stereocenters. The lowest BCUT2D eigenvalue weighted by Crippen LogP contribution is -2.50. The van der Waals surface area contributed by atoms with Crippen LogP contribution in [0.5, 0.6) is 5.75 Å². The van der Waals surface area contributed by atoms with E-state index in [1.54, 1.807) is 7.11 Å². The van der Waals surface area contributed by atoms with E-state index in [1.165, 1.54) is 5.56 Å². The van der Waals surface area contributed by atoms with Crippen molar-refractivity contribution in [1.82, 2.24) is 9.88 Å². The number of carbonyl (C=O) groups is 1. The van der Waals surface area contributed by atoms with Crippen LogP contribution < -0.4 is 4.74 Å². The molecule has 2 saturated heterocycles. The molecule has 2 aliphatic heterocycles. The number of pyridine rings is 1. The van der Waals surface area contributed by atoms with Gasteiger partial charge in [-0.15, -0.1) is 0 Å². The second-order valence-electron chi connectivity index (χ2n) is 6.99. The Morgan fingerprint density at radius 3 is 2.76 bits per heavy atom. The second-order valence-corrected chi connectivity index (χ2v) is 7.80. The standard InChI is InChI=1S/C20H21BrN2O2/c1-25-18-5-2-14(3-6-18)13-23-16-8-9-20(23,11-17(24)10-16)15-4-7-19(21)22-12-15/h2-7,12,16H,8-11,13H2,1H3. The minimum Gasteiger partial charge on any atom is -0.497 e. The van der Waals surface area contributed by atoms with Crippen LogP contribution in [0.3, 0.4) is 0 Å². The molecule has 0 radical (unpaired) electrons. The van der Waals surface area contributed by atoms with Gasteiger partial charge in [0.15, 0.2) is 0 Å². The fourth-order valence-corrected chi connectivity index (χ4v) is 4.62. The number of piperidine rings is 1. The fraction of sp³-hybridized carbons (Fsp3) is 0.400. The Bertz CT molecular complexity index is 775. The van der Waals surface area contributed by atoms with Crippen molar-refractivity contribution < 1.29 is 9.53 Å². The molecule has 0 N–H and O–H groups in total. The molecule has 2 atom stereocenters. The number of ketones is 1. The van der Waals surface area contributed by atoms with Crippen molar-refractivity contribution in [2.75, 3.05) is 7.11 Å². The van der Waals surface area contributed by atoms with Crippen LogP contribution in [0.15, 0.2) is 47.2 Å². The number of hydrogen-bond donors (Lipinski definition) is 0. The molecule has 2 bridgehead atoms. The number of halogens is 1. The van der Waals surface area contributed by atoms with Gasteiger partial charge in [-0.1, -0.05) is 18.2 Å². The van der Waals surface area contributed by atoms with Crippen molar-refractivity contribution in [3.63, 3.8) is 0 Å². The van der Waals surface area contributed by atoms with E-state index >= 15 is 0 Å². The topological polar surface area (TPSA) is 42.4 Å². The molecule has 2 fully saturated rings. The molecule has 1 aromatic carbocycles. The summed E-state index contributed by atoms with van der Waals surface area (Å²) in [5, 5.41) is 0. The molecule has 130 valence electrons. The number of benzene rings is 1. The Hall–Kier alpha value is -1.72. The van der Waals surface area contributed by atoms with Crippen molar-refractivity contribution in [3.05, 3.63) is 58.3 Å². The molecule has 1 aromatic heterocycles. The van der Waals surface area contributed by atoms with Gasteiger partial charge in [0.1, 0.15) is 16.1 Å². The van der Waals surface area contributed by atoms with Crippen molar-refractivity contribution in [1.29, 1.82) is 0 Å². The van der Waals surface area contributed by atoms with Gasteiger partial charge in [0.05, 0.1) is 12.6 Å². The maximum Gasteiger partial charge on any atom is 0.136 e. The van der Waals surface area contributed by atoms with Crippen LogP contribution in [0.2, 0.25) is 0 Å². The first-order chi connectivity index (χ1) is 12.1. The first kappa shape index (κ1) is 16.7. The van der Waals surface area contributed by atoms with Crippen molar-refractivity contribution in [2.24, 2.45) is 0 Å². The average molecular weight is 401 g/mol. The first-order valence-electron chi connectivity index (χ1n) is 8.64. The molecule has 25 heavy (non-hydrogen) atoms. The summed E-state index contributed by atoms with van der Waals surface area (Å²) in [6.45, 7) is 0.845. The lowest BCUT2D eigenvalue weighted by molar-refractivity contribution is -0.127. The molecule has 4 nitrogen and oxygen atoms in total. The van der Waals surface area contributed by atoms with Gasteiger partial charge in [-0.3, -0.25) is 9.69 Å². The van der Waals surface area contributed by atoms with E-state index in [0.29, 0.717) is 24.7 Å². The van der Waals surface area contributed by atoms with Crippen LogP contribution in [0.4, 0.5) is 0 Å². The number of carbonyl (C=O) groups excluding carboxylic acids is 1. The van der Waals surface area contributed by atoms with Crippen LogP contribution in [-0.2, 0) is 16.9 Å². The Kier molecular flexibility index (Phi) is 4.38. The SMILES string of the molecule is COc1ccc(CN2C3CCC2(c2ccc(Br)nc2)CC(=O)C3)cc1. The van der Waals surface area contributed by atoms with Gasteiger partial charge < -0.3 is 4.74 Å². The largest absolute Gasteiger partial charge is 0.497 e. The Morgan fingerprint density at radius 1 is 1.28 bits per heavy atom. The molecule has 0 saturated carbocycles. The highest BCUT2D eigenvalue weighted by Gasteiger charge is 2.52. The predicted octanol–water partition coefficient (Wildman–Crippen LogP) is 4.08. The van der Waals surface area contributed by atoms with E-state index in [0.717, 1.165) is 35.3 Å². The molecule has 0 spiro atoms. The van der Waals surface area contributed by atoms with Gasteiger partial charge in [0.2, 0.25) is 0 Å². The zero-order chi connectivity index (χ0) is 17.4. The van der Waals surface area contributed by atoms with E-state index < -0.39 is 0 Å². The maximum atomic E-state index is 12.4. The minimum atomic E-state index is -0.215. The van der Waals surface area contributed by atoms with Crippen LogP contribution in [-0.4, -0.2) is 28.8 Å². The lowest BCUT2D eigenvalue weighted by Gasteiger charge is -2.44. The van der Waals surface area contributed by atoms with Crippen LogP contribution in [0.25, 0.3) is 0 Å². The van der Waals surface area contributed by atoms with Gasteiger partial charge in [-0.05, 0) is 58.1 Å². The maximum absolute atomic E-state index is 12.4. The Labute approximate surface area is 156 Å². The highest BCUT2D eigenvalue weighted by molar-refractivity contribution is 9.10. The van der Waals surface area contributed by atoms with E-state index in [1.807, 2.05) is 24.4 Å². The molecule has 4 rings (SSSR count). The lowest BCUT2D eigenvalue weighted by atomic mass is 9.81. The van der Waals surface area contributed by atoms with E-state index in [4.69, 9.17) is 4.74 Å². The quantitative estimate of drug-likeness (QED) is 0.725. The fourth-order valence-electron chi connectivity index (χ4n) is 4.39. The number of aromatic nitrogens is 1. The average Bonchev–Trinajstić information content (AvgIpc) is 2.84.